The quantitative estimate of drug-likeness (QED) is 0.647. The van der Waals surface area contributed by atoms with Crippen molar-refractivity contribution in [2.24, 2.45) is 0 Å². The van der Waals surface area contributed by atoms with Gasteiger partial charge in [0.1, 0.15) is 5.15 Å². The Morgan fingerprint density at radius 1 is 1.42 bits per heavy atom. The second kappa shape index (κ2) is 7.31. The maximum Gasteiger partial charge on any atom is 0.256 e. The first-order valence-electron chi connectivity index (χ1n) is 5.82. The lowest BCUT2D eigenvalue weighted by molar-refractivity contribution is 0.0956. The minimum Gasteiger partial charge on any atom is -0.390 e. The summed E-state index contributed by atoms with van der Waals surface area (Å²) in [6.45, 7) is 4.46. The lowest BCUT2D eigenvalue weighted by Crippen LogP contribution is -2.30. The van der Waals surface area contributed by atoms with Gasteiger partial charge in [-0.2, -0.15) is 0 Å². The van der Waals surface area contributed by atoms with Gasteiger partial charge in [0.15, 0.2) is 0 Å². The van der Waals surface area contributed by atoms with Gasteiger partial charge < -0.3 is 10.6 Å². The van der Waals surface area contributed by atoms with Crippen molar-refractivity contribution in [1.29, 1.82) is 0 Å². The Kier molecular flexibility index (Phi) is 6.05. The van der Waals surface area contributed by atoms with E-state index in [1.807, 2.05) is 14.0 Å². The van der Waals surface area contributed by atoms with E-state index in [1.54, 1.807) is 0 Å². The number of nitrogens with one attached hydrogen (secondary N) is 2. The predicted molar refractivity (Wildman–Crippen MR) is 76.4 cm³/mol. The summed E-state index contributed by atoms with van der Waals surface area (Å²) in [5, 5.41) is 5.88. The number of amides is 1. The molecule has 0 radical (unpaired) electrons. The number of allylic oxidation sites excluding steroid dienone is 1. The molecule has 104 valence electrons. The van der Waals surface area contributed by atoms with Crippen LogP contribution in [-0.2, 0) is 0 Å². The molecule has 0 aromatic carbocycles. The molecule has 0 atom stereocenters. The fourth-order valence-corrected chi connectivity index (χ4v) is 1.81. The predicted octanol–water partition coefficient (Wildman–Crippen LogP) is 2.42. The van der Waals surface area contributed by atoms with E-state index < -0.39 is 0 Å². The van der Waals surface area contributed by atoms with Crippen LogP contribution in [0.5, 0.6) is 0 Å². The molecule has 0 aliphatic heterocycles. The SMILES string of the molecule is CC/C(C)=C(\CNC(=O)c1cnc(Cl)nc1Cl)NC. The van der Waals surface area contributed by atoms with Gasteiger partial charge in [0, 0.05) is 18.9 Å². The molecule has 0 bridgehead atoms. The number of carbonyl (C=O) groups excluding carboxylic acids is 1. The zero-order chi connectivity index (χ0) is 14.4. The Balaban J connectivity index is 2.75. The van der Waals surface area contributed by atoms with Crippen molar-refractivity contribution >= 4 is 29.1 Å². The van der Waals surface area contributed by atoms with Crippen LogP contribution in [0.4, 0.5) is 0 Å². The number of carbonyl (C=O) groups is 1. The topological polar surface area (TPSA) is 66.9 Å². The van der Waals surface area contributed by atoms with Crippen molar-refractivity contribution in [3.05, 3.63) is 33.5 Å². The summed E-state index contributed by atoms with van der Waals surface area (Å²) in [4.78, 5) is 19.4. The summed E-state index contributed by atoms with van der Waals surface area (Å²) in [6, 6.07) is 0. The third kappa shape index (κ3) is 4.36. The van der Waals surface area contributed by atoms with Gasteiger partial charge in [-0.15, -0.1) is 0 Å². The summed E-state index contributed by atoms with van der Waals surface area (Å²) < 4.78 is 0. The van der Waals surface area contributed by atoms with Crippen LogP contribution in [0.25, 0.3) is 0 Å². The first-order valence-corrected chi connectivity index (χ1v) is 6.57. The smallest absolute Gasteiger partial charge is 0.256 e. The van der Waals surface area contributed by atoms with Crippen LogP contribution >= 0.6 is 23.2 Å². The Morgan fingerprint density at radius 2 is 2.11 bits per heavy atom. The Hall–Kier alpha value is -1.33. The van der Waals surface area contributed by atoms with Crippen LogP contribution in [0, 0.1) is 0 Å². The molecule has 1 heterocycles. The summed E-state index contributed by atoms with van der Waals surface area (Å²) in [5.41, 5.74) is 2.36. The average molecular weight is 303 g/mol. The molecule has 1 amide bonds. The van der Waals surface area contributed by atoms with Crippen molar-refractivity contribution < 1.29 is 4.79 Å². The third-order valence-corrected chi connectivity index (χ3v) is 3.20. The molecule has 0 saturated heterocycles. The number of rotatable bonds is 5. The highest BCUT2D eigenvalue weighted by Gasteiger charge is 2.13. The minimum absolute atomic E-state index is 0.0131. The Labute approximate surface area is 122 Å². The zero-order valence-corrected chi connectivity index (χ0v) is 12.6. The lowest BCUT2D eigenvalue weighted by atomic mass is 10.2. The standard InChI is InChI=1S/C12H16Cl2N4O/c1-4-7(2)9(15-3)6-16-11(19)8-5-17-12(14)18-10(8)13/h5,15H,4,6H2,1-3H3,(H,16,19)/b9-7+. The van der Waals surface area contributed by atoms with Crippen LogP contribution in [0.15, 0.2) is 17.5 Å². The van der Waals surface area contributed by atoms with Gasteiger partial charge in [-0.05, 0) is 24.9 Å². The first kappa shape index (κ1) is 15.7. The molecular formula is C12H16Cl2N4O. The molecule has 7 heteroatoms. The molecular weight excluding hydrogens is 287 g/mol. The summed E-state index contributed by atoms with van der Waals surface area (Å²) >= 11 is 11.4. The lowest BCUT2D eigenvalue weighted by Gasteiger charge is -2.12. The number of hydrogen-bond donors (Lipinski definition) is 2. The number of halogens is 2. The summed E-state index contributed by atoms with van der Waals surface area (Å²) in [6.07, 6.45) is 2.22. The van der Waals surface area contributed by atoms with E-state index >= 15 is 0 Å². The Bertz CT molecular complexity index is 503. The van der Waals surface area contributed by atoms with Crippen molar-refractivity contribution in [1.82, 2.24) is 20.6 Å². The normalized spacial score (nSPS) is 11.8. The molecule has 0 aliphatic rings. The molecule has 0 fully saturated rings. The van der Waals surface area contributed by atoms with Crippen LogP contribution in [0.2, 0.25) is 10.4 Å². The van der Waals surface area contributed by atoms with E-state index in [2.05, 4.69) is 27.5 Å². The monoisotopic (exact) mass is 302 g/mol. The number of nitrogens with zero attached hydrogens (tertiary/aromatic N) is 2. The van der Waals surface area contributed by atoms with Crippen LogP contribution in [-0.4, -0.2) is 29.5 Å². The molecule has 1 rings (SSSR count). The van der Waals surface area contributed by atoms with Crippen LogP contribution in [0.1, 0.15) is 30.6 Å². The van der Waals surface area contributed by atoms with E-state index in [1.165, 1.54) is 11.8 Å². The van der Waals surface area contributed by atoms with Gasteiger partial charge in [0.2, 0.25) is 5.28 Å². The maximum absolute atomic E-state index is 11.9. The number of likely N-dealkylation sites (N-methyl/N-ethyl adjacent to an activating group) is 1. The molecule has 1 aromatic heterocycles. The molecule has 5 nitrogen and oxygen atoms in total. The van der Waals surface area contributed by atoms with Crippen molar-refractivity contribution in [3.63, 3.8) is 0 Å². The van der Waals surface area contributed by atoms with E-state index in [0.29, 0.717) is 6.54 Å². The fraction of sp³-hybridized carbons (Fsp3) is 0.417. The first-order chi connectivity index (χ1) is 8.99. The molecule has 1 aromatic rings. The molecule has 0 aliphatic carbocycles. The summed E-state index contributed by atoms with van der Waals surface area (Å²) in [5.74, 6) is -0.335. The zero-order valence-electron chi connectivity index (χ0n) is 11.1. The highest BCUT2D eigenvalue weighted by atomic mass is 35.5. The molecule has 0 spiro atoms. The second-order valence-corrected chi connectivity index (χ2v) is 4.58. The molecule has 2 N–H and O–H groups in total. The van der Waals surface area contributed by atoms with Gasteiger partial charge in [-0.3, -0.25) is 4.79 Å². The minimum atomic E-state index is -0.335. The highest BCUT2D eigenvalue weighted by molar-refractivity contribution is 6.34. The molecule has 0 unspecified atom stereocenters. The highest BCUT2D eigenvalue weighted by Crippen LogP contribution is 2.14. The largest absolute Gasteiger partial charge is 0.390 e. The molecule has 19 heavy (non-hydrogen) atoms. The third-order valence-electron chi connectivity index (χ3n) is 2.73. The van der Waals surface area contributed by atoms with Crippen molar-refractivity contribution in [3.8, 4) is 0 Å². The molecule has 0 saturated carbocycles. The van der Waals surface area contributed by atoms with Gasteiger partial charge in [0.25, 0.3) is 5.91 Å². The Morgan fingerprint density at radius 3 is 2.63 bits per heavy atom. The van der Waals surface area contributed by atoms with E-state index in [9.17, 15) is 4.79 Å². The number of hydrogen-bond acceptors (Lipinski definition) is 4. The fourth-order valence-electron chi connectivity index (χ4n) is 1.42. The van der Waals surface area contributed by atoms with E-state index in [0.717, 1.165) is 12.1 Å². The van der Waals surface area contributed by atoms with Crippen LogP contribution in [0.3, 0.4) is 0 Å². The second-order valence-electron chi connectivity index (χ2n) is 3.89. The van der Waals surface area contributed by atoms with Gasteiger partial charge in [-0.1, -0.05) is 24.1 Å². The van der Waals surface area contributed by atoms with Crippen molar-refractivity contribution in [2.45, 2.75) is 20.3 Å². The maximum atomic E-state index is 11.9. The summed E-state index contributed by atoms with van der Waals surface area (Å²) in [7, 11) is 1.82. The average Bonchev–Trinajstić information content (AvgIpc) is 2.38. The van der Waals surface area contributed by atoms with Gasteiger partial charge in [-0.25, -0.2) is 9.97 Å². The van der Waals surface area contributed by atoms with Gasteiger partial charge >= 0.3 is 0 Å². The van der Waals surface area contributed by atoms with E-state index in [4.69, 9.17) is 23.2 Å². The van der Waals surface area contributed by atoms with Gasteiger partial charge in [0.05, 0.1) is 12.1 Å². The van der Waals surface area contributed by atoms with Crippen LogP contribution < -0.4 is 10.6 Å². The van der Waals surface area contributed by atoms with Crippen molar-refractivity contribution in [2.75, 3.05) is 13.6 Å². The number of aromatic nitrogens is 2. The van der Waals surface area contributed by atoms with E-state index in [-0.39, 0.29) is 21.9 Å².